The topological polar surface area (TPSA) is 76.5 Å². The molecule has 0 aliphatic carbocycles. The molecular formula is C19H23ClN4O3. The lowest BCUT2D eigenvalue weighted by Crippen LogP contribution is -2.40. The lowest BCUT2D eigenvalue weighted by atomic mass is 10.0. The van der Waals surface area contributed by atoms with Gasteiger partial charge in [-0.1, -0.05) is 17.7 Å². The zero-order valence-corrected chi connectivity index (χ0v) is 16.6. The predicted octanol–water partition coefficient (Wildman–Crippen LogP) is 3.62. The number of nitrogens with one attached hydrogen (secondary N) is 1. The molecule has 0 saturated heterocycles. The van der Waals surface area contributed by atoms with E-state index in [-0.39, 0.29) is 12.5 Å². The van der Waals surface area contributed by atoms with Crippen molar-refractivity contribution < 1.29 is 14.3 Å². The zero-order valence-electron chi connectivity index (χ0n) is 15.9. The van der Waals surface area contributed by atoms with E-state index in [1.54, 1.807) is 40.9 Å². The number of halogens is 1. The molecule has 27 heavy (non-hydrogen) atoms. The molecule has 0 radical (unpaired) electrons. The Morgan fingerprint density at radius 1 is 1.30 bits per heavy atom. The summed E-state index contributed by atoms with van der Waals surface area (Å²) in [5.74, 6) is -0.333. The van der Waals surface area contributed by atoms with Crippen LogP contribution in [0.5, 0.6) is 0 Å². The fraction of sp³-hybridized carbons (Fsp3) is 0.421. The quantitative estimate of drug-likeness (QED) is 0.849. The number of amides is 2. The summed E-state index contributed by atoms with van der Waals surface area (Å²) >= 11 is 5.97. The molecule has 1 aromatic heterocycles. The van der Waals surface area contributed by atoms with Gasteiger partial charge in [-0.05, 0) is 39.0 Å². The van der Waals surface area contributed by atoms with E-state index in [4.69, 9.17) is 16.3 Å². The maximum atomic E-state index is 12.8. The van der Waals surface area contributed by atoms with Crippen LogP contribution in [0.2, 0.25) is 5.02 Å². The summed E-state index contributed by atoms with van der Waals surface area (Å²) in [4.78, 5) is 26.8. The summed E-state index contributed by atoms with van der Waals surface area (Å²) in [6.45, 7) is 6.30. The van der Waals surface area contributed by atoms with E-state index in [9.17, 15) is 9.59 Å². The lowest BCUT2D eigenvalue weighted by Gasteiger charge is -2.30. The third-order valence-electron chi connectivity index (χ3n) is 4.19. The molecule has 0 bridgehead atoms. The number of nitrogens with zero attached hydrogens (tertiary/aromatic N) is 3. The maximum Gasteiger partial charge on any atom is 0.410 e. The molecule has 2 aromatic rings. The van der Waals surface area contributed by atoms with Gasteiger partial charge in [0.05, 0.1) is 6.54 Å². The normalized spacial score (nSPS) is 13.9. The first-order valence-corrected chi connectivity index (χ1v) is 9.11. The van der Waals surface area contributed by atoms with Crippen molar-refractivity contribution in [2.75, 3.05) is 11.9 Å². The van der Waals surface area contributed by atoms with Gasteiger partial charge in [0.25, 0.3) is 5.91 Å². The van der Waals surface area contributed by atoms with Crippen molar-refractivity contribution in [3.8, 4) is 0 Å². The first-order valence-electron chi connectivity index (χ1n) is 8.73. The number of hydrogen-bond acceptors (Lipinski definition) is 4. The second kappa shape index (κ2) is 7.23. The molecule has 0 fully saturated rings. The van der Waals surface area contributed by atoms with Crippen molar-refractivity contribution in [2.24, 2.45) is 7.05 Å². The van der Waals surface area contributed by atoms with Gasteiger partial charge >= 0.3 is 6.09 Å². The second-order valence-electron chi connectivity index (χ2n) is 7.51. The molecule has 0 spiro atoms. The Hall–Kier alpha value is -2.54. The Morgan fingerprint density at radius 3 is 2.70 bits per heavy atom. The van der Waals surface area contributed by atoms with Crippen molar-refractivity contribution in [3.63, 3.8) is 0 Å². The summed E-state index contributed by atoms with van der Waals surface area (Å²) in [6.07, 6.45) is 0.223. The van der Waals surface area contributed by atoms with E-state index in [1.807, 2.05) is 20.8 Å². The van der Waals surface area contributed by atoms with Crippen LogP contribution in [0.3, 0.4) is 0 Å². The van der Waals surface area contributed by atoms with Crippen LogP contribution in [0, 0.1) is 0 Å². The van der Waals surface area contributed by atoms with E-state index in [2.05, 4.69) is 10.4 Å². The minimum Gasteiger partial charge on any atom is -0.444 e. The average molecular weight is 391 g/mol. The van der Waals surface area contributed by atoms with Gasteiger partial charge in [0.1, 0.15) is 5.60 Å². The number of hydrogen-bond donors (Lipinski definition) is 1. The van der Waals surface area contributed by atoms with Crippen LogP contribution in [0.15, 0.2) is 24.3 Å². The Kier molecular flexibility index (Phi) is 5.15. The van der Waals surface area contributed by atoms with Crippen LogP contribution in [0.1, 0.15) is 42.5 Å². The van der Waals surface area contributed by atoms with E-state index in [1.165, 1.54) is 0 Å². The zero-order chi connectivity index (χ0) is 19.8. The summed E-state index contributed by atoms with van der Waals surface area (Å²) in [5.41, 5.74) is 2.02. The minimum absolute atomic E-state index is 0.288. The molecule has 0 unspecified atom stereocenters. The molecular weight excluding hydrogens is 368 g/mol. The van der Waals surface area contributed by atoms with Gasteiger partial charge < -0.3 is 15.0 Å². The van der Waals surface area contributed by atoms with Crippen LogP contribution in [0.25, 0.3) is 0 Å². The van der Waals surface area contributed by atoms with Gasteiger partial charge in [0, 0.05) is 42.0 Å². The van der Waals surface area contributed by atoms with Crippen molar-refractivity contribution in [1.29, 1.82) is 0 Å². The summed E-state index contributed by atoms with van der Waals surface area (Å²) < 4.78 is 7.16. The van der Waals surface area contributed by atoms with Crippen LogP contribution in [-0.2, 0) is 24.8 Å². The second-order valence-corrected chi connectivity index (χ2v) is 7.95. The van der Waals surface area contributed by atoms with Gasteiger partial charge in [0.15, 0.2) is 5.69 Å². The smallest absolute Gasteiger partial charge is 0.410 e. The summed E-state index contributed by atoms with van der Waals surface area (Å²) in [6, 6.07) is 6.92. The van der Waals surface area contributed by atoms with E-state index in [0.717, 1.165) is 11.3 Å². The van der Waals surface area contributed by atoms with Crippen molar-refractivity contribution >= 4 is 29.3 Å². The largest absolute Gasteiger partial charge is 0.444 e. The van der Waals surface area contributed by atoms with Gasteiger partial charge in [-0.15, -0.1) is 0 Å². The lowest BCUT2D eigenvalue weighted by molar-refractivity contribution is 0.0222. The number of benzene rings is 1. The highest BCUT2D eigenvalue weighted by Crippen LogP contribution is 2.25. The molecule has 2 heterocycles. The first kappa shape index (κ1) is 19.2. The Bertz CT molecular complexity index is 886. The molecule has 8 heteroatoms. The maximum absolute atomic E-state index is 12.8. The molecule has 7 nitrogen and oxygen atoms in total. The Balaban J connectivity index is 1.81. The number of carbonyl (C=O) groups is 2. The van der Waals surface area contributed by atoms with Crippen LogP contribution in [0.4, 0.5) is 10.5 Å². The molecule has 144 valence electrons. The van der Waals surface area contributed by atoms with E-state index < -0.39 is 11.7 Å². The average Bonchev–Trinajstić information content (AvgIpc) is 2.90. The van der Waals surface area contributed by atoms with Crippen molar-refractivity contribution in [2.45, 2.75) is 39.3 Å². The van der Waals surface area contributed by atoms with Gasteiger partial charge in [-0.3, -0.25) is 9.48 Å². The third-order valence-corrected chi connectivity index (χ3v) is 4.43. The number of aryl methyl sites for hydroxylation is 1. The van der Waals surface area contributed by atoms with Gasteiger partial charge in [-0.25, -0.2) is 4.79 Å². The van der Waals surface area contributed by atoms with Gasteiger partial charge in [-0.2, -0.15) is 5.10 Å². The standard InChI is InChI=1S/C19H23ClN4O3/c1-19(2,3)27-18(26)24-9-8-15-14(11-24)16(22-23(15)4)17(25)21-13-7-5-6-12(20)10-13/h5-7,10H,8-9,11H2,1-4H3,(H,21,25). The van der Waals surface area contributed by atoms with Crippen molar-refractivity contribution in [1.82, 2.24) is 14.7 Å². The molecule has 2 amide bonds. The van der Waals surface area contributed by atoms with Crippen LogP contribution < -0.4 is 5.32 Å². The molecule has 1 N–H and O–H groups in total. The number of aromatic nitrogens is 2. The van der Waals surface area contributed by atoms with Crippen molar-refractivity contribution in [3.05, 3.63) is 46.2 Å². The molecule has 1 aliphatic rings. The van der Waals surface area contributed by atoms with Gasteiger partial charge in [0.2, 0.25) is 0 Å². The monoisotopic (exact) mass is 390 g/mol. The fourth-order valence-electron chi connectivity index (χ4n) is 3.01. The Labute approximate surface area is 163 Å². The minimum atomic E-state index is -0.570. The highest BCUT2D eigenvalue weighted by Gasteiger charge is 2.31. The number of anilines is 1. The van der Waals surface area contributed by atoms with Crippen LogP contribution in [-0.4, -0.2) is 38.8 Å². The molecule has 1 aliphatic heterocycles. The molecule has 3 rings (SSSR count). The number of fused-ring (bicyclic) bond motifs is 1. The summed E-state index contributed by atoms with van der Waals surface area (Å²) in [5, 5.41) is 7.72. The number of rotatable bonds is 2. The van der Waals surface area contributed by atoms with E-state index >= 15 is 0 Å². The fourth-order valence-corrected chi connectivity index (χ4v) is 3.20. The third kappa shape index (κ3) is 4.42. The van der Waals surface area contributed by atoms with E-state index in [0.29, 0.717) is 29.4 Å². The first-order chi connectivity index (χ1) is 12.6. The predicted molar refractivity (Wildman–Crippen MR) is 103 cm³/mol. The molecule has 0 atom stereocenters. The SMILES string of the molecule is Cn1nc(C(=O)Nc2cccc(Cl)c2)c2c1CCN(C(=O)OC(C)(C)C)C2. The highest BCUT2D eigenvalue weighted by atomic mass is 35.5. The highest BCUT2D eigenvalue weighted by molar-refractivity contribution is 6.30. The summed E-state index contributed by atoms with van der Waals surface area (Å²) in [7, 11) is 1.80. The molecule has 0 saturated carbocycles. The Morgan fingerprint density at radius 2 is 2.04 bits per heavy atom. The van der Waals surface area contributed by atoms with Crippen LogP contribution >= 0.6 is 11.6 Å². The number of ether oxygens (including phenoxy) is 1. The molecule has 1 aromatic carbocycles. The number of carbonyl (C=O) groups excluding carboxylic acids is 2.